The number of nitrogens with one attached hydrogen (secondary N) is 1. The fourth-order valence-electron chi connectivity index (χ4n) is 0.665. The van der Waals surface area contributed by atoms with Crippen molar-refractivity contribution in [3.8, 4) is 0 Å². The van der Waals surface area contributed by atoms with Crippen LogP contribution in [0.3, 0.4) is 0 Å². The zero-order valence-electron chi connectivity index (χ0n) is 6.21. The van der Waals surface area contributed by atoms with Gasteiger partial charge in [-0.05, 0) is 18.2 Å². The first kappa shape index (κ1) is 8.40. The Morgan fingerprint density at radius 1 is 1.64 bits per heavy atom. The van der Waals surface area contributed by atoms with Crippen molar-refractivity contribution in [1.29, 1.82) is 0 Å². The lowest BCUT2D eigenvalue weighted by atomic mass is 10.4. The van der Waals surface area contributed by atoms with E-state index in [2.05, 4.69) is 17.9 Å². The van der Waals surface area contributed by atoms with Crippen LogP contribution in [-0.2, 0) is 4.79 Å². The Morgan fingerprint density at radius 2 is 2.36 bits per heavy atom. The van der Waals surface area contributed by atoms with Crippen molar-refractivity contribution in [3.05, 3.63) is 23.1 Å². The van der Waals surface area contributed by atoms with E-state index in [1.807, 2.05) is 0 Å². The number of allylic oxidation sites excluding steroid dienone is 1. The Bertz CT molecular complexity index is 202. The summed E-state index contributed by atoms with van der Waals surface area (Å²) in [4.78, 5) is 10.9. The molecule has 0 radical (unpaired) electrons. The molecule has 0 spiro atoms. The zero-order valence-corrected chi connectivity index (χ0v) is 7.10. The van der Waals surface area contributed by atoms with E-state index in [1.54, 1.807) is 17.6 Å². The van der Waals surface area contributed by atoms with E-state index in [0.717, 1.165) is 12.8 Å². The van der Waals surface area contributed by atoms with Gasteiger partial charge in [-0.2, -0.15) is 12.6 Å². The third-order valence-corrected chi connectivity index (χ3v) is 1.58. The van der Waals surface area contributed by atoms with Gasteiger partial charge in [0.05, 0.1) is 0 Å². The summed E-state index contributed by atoms with van der Waals surface area (Å²) in [5.41, 5.74) is 1.25. The minimum Gasteiger partial charge on any atom is -0.349 e. The van der Waals surface area contributed by atoms with Crippen molar-refractivity contribution >= 4 is 18.5 Å². The number of carbonyl (C=O) groups excluding carboxylic acids is 1. The van der Waals surface area contributed by atoms with E-state index >= 15 is 0 Å². The molecule has 0 unspecified atom stereocenters. The highest BCUT2D eigenvalue weighted by Gasteiger charge is 2.11. The largest absolute Gasteiger partial charge is 0.349 e. The van der Waals surface area contributed by atoms with Gasteiger partial charge in [-0.3, -0.25) is 4.79 Å². The van der Waals surface area contributed by atoms with Crippen LogP contribution in [0, 0.1) is 0 Å². The van der Waals surface area contributed by atoms with Gasteiger partial charge in [0.2, 0.25) is 5.91 Å². The molecule has 3 heteroatoms. The van der Waals surface area contributed by atoms with Crippen LogP contribution in [0.15, 0.2) is 23.1 Å². The highest BCUT2D eigenvalue weighted by atomic mass is 32.1. The third-order valence-electron chi connectivity index (χ3n) is 1.37. The highest BCUT2D eigenvalue weighted by molar-refractivity contribution is 7.83. The molecular formula is C8H11NOS. The van der Waals surface area contributed by atoms with E-state index in [-0.39, 0.29) is 5.91 Å². The molecule has 0 aromatic rings. The number of hydrogen-bond acceptors (Lipinski definition) is 2. The van der Waals surface area contributed by atoms with Crippen LogP contribution in [0.4, 0.5) is 0 Å². The second kappa shape index (κ2) is 4.23. The molecule has 1 rings (SSSR count). The molecule has 60 valence electrons. The van der Waals surface area contributed by atoms with Gasteiger partial charge in [-0.1, -0.05) is 11.6 Å². The summed E-state index contributed by atoms with van der Waals surface area (Å²) in [5.74, 6) is 0.00364. The van der Waals surface area contributed by atoms with E-state index in [0.29, 0.717) is 6.54 Å². The van der Waals surface area contributed by atoms with Gasteiger partial charge in [-0.25, -0.2) is 0 Å². The van der Waals surface area contributed by atoms with Crippen LogP contribution in [0.25, 0.3) is 0 Å². The molecule has 0 aromatic heterocycles. The average molecular weight is 169 g/mol. The van der Waals surface area contributed by atoms with E-state index in [9.17, 15) is 4.79 Å². The highest BCUT2D eigenvalue weighted by Crippen LogP contribution is 2.26. The average Bonchev–Trinajstić information content (AvgIpc) is 2.72. The van der Waals surface area contributed by atoms with Crippen LogP contribution < -0.4 is 5.32 Å². The molecule has 0 bridgehead atoms. The molecule has 0 aromatic carbocycles. The lowest BCUT2D eigenvalue weighted by molar-refractivity contribution is -0.116. The van der Waals surface area contributed by atoms with Crippen molar-refractivity contribution in [1.82, 2.24) is 5.32 Å². The third kappa shape index (κ3) is 3.88. The van der Waals surface area contributed by atoms with E-state index < -0.39 is 0 Å². The molecule has 1 amide bonds. The first-order valence-electron chi connectivity index (χ1n) is 3.59. The second-order valence-corrected chi connectivity index (χ2v) is 2.73. The number of hydrogen-bond donors (Lipinski definition) is 2. The normalized spacial score (nSPS) is 15.2. The van der Waals surface area contributed by atoms with Crippen molar-refractivity contribution in [3.63, 3.8) is 0 Å². The fraction of sp³-hybridized carbons (Fsp3) is 0.375. The SMILES string of the molecule is O=C(C=C1CC1)NC/C=C/S. The molecule has 2 nitrogen and oxygen atoms in total. The smallest absolute Gasteiger partial charge is 0.244 e. The summed E-state index contributed by atoms with van der Waals surface area (Å²) in [6.45, 7) is 0.562. The maximum absolute atomic E-state index is 10.9. The summed E-state index contributed by atoms with van der Waals surface area (Å²) in [6, 6.07) is 0. The Kier molecular flexibility index (Phi) is 3.23. The Balaban J connectivity index is 2.15. The Hall–Kier alpha value is -0.700. The van der Waals surface area contributed by atoms with Crippen LogP contribution in [0.5, 0.6) is 0 Å². The molecule has 0 aliphatic heterocycles. The molecule has 1 N–H and O–H groups in total. The number of thiol groups is 1. The Labute approximate surface area is 71.8 Å². The minimum atomic E-state index is 0.00364. The number of rotatable bonds is 3. The first-order valence-corrected chi connectivity index (χ1v) is 4.11. The quantitative estimate of drug-likeness (QED) is 0.483. The second-order valence-electron chi connectivity index (χ2n) is 2.43. The molecule has 11 heavy (non-hydrogen) atoms. The topological polar surface area (TPSA) is 29.1 Å². The standard InChI is InChI=1S/C8H11NOS/c10-8(6-7-2-3-7)9-4-1-5-11/h1,5-6,11H,2-4H2,(H,9,10)/b5-1+. The van der Waals surface area contributed by atoms with Gasteiger partial charge >= 0.3 is 0 Å². The van der Waals surface area contributed by atoms with Crippen molar-refractivity contribution in [2.75, 3.05) is 6.54 Å². The summed E-state index contributed by atoms with van der Waals surface area (Å²) < 4.78 is 0. The lowest BCUT2D eigenvalue weighted by Gasteiger charge is -1.93. The maximum atomic E-state index is 10.9. The molecule has 0 saturated heterocycles. The molecule has 1 aliphatic carbocycles. The summed E-state index contributed by atoms with van der Waals surface area (Å²) in [5, 5.41) is 4.32. The monoisotopic (exact) mass is 169 g/mol. The van der Waals surface area contributed by atoms with E-state index in [1.165, 1.54) is 5.57 Å². The van der Waals surface area contributed by atoms with Crippen molar-refractivity contribution < 1.29 is 4.79 Å². The van der Waals surface area contributed by atoms with E-state index in [4.69, 9.17) is 0 Å². The van der Waals surface area contributed by atoms with Crippen LogP contribution >= 0.6 is 12.6 Å². The van der Waals surface area contributed by atoms with Gasteiger partial charge in [-0.15, -0.1) is 0 Å². The molecule has 1 aliphatic rings. The van der Waals surface area contributed by atoms with Crippen LogP contribution in [0.2, 0.25) is 0 Å². The van der Waals surface area contributed by atoms with Gasteiger partial charge < -0.3 is 5.32 Å². The predicted octanol–water partition coefficient (Wildman–Crippen LogP) is 1.27. The molecule has 1 saturated carbocycles. The maximum Gasteiger partial charge on any atom is 0.244 e. The lowest BCUT2D eigenvalue weighted by Crippen LogP contribution is -2.20. The summed E-state index contributed by atoms with van der Waals surface area (Å²) >= 11 is 3.86. The zero-order chi connectivity index (χ0) is 8.10. The summed E-state index contributed by atoms with van der Waals surface area (Å²) in [7, 11) is 0. The molecule has 0 heterocycles. The molecule has 0 atom stereocenters. The molecular weight excluding hydrogens is 158 g/mol. The number of amides is 1. The van der Waals surface area contributed by atoms with Crippen molar-refractivity contribution in [2.45, 2.75) is 12.8 Å². The first-order chi connectivity index (χ1) is 5.33. The van der Waals surface area contributed by atoms with Crippen LogP contribution in [0.1, 0.15) is 12.8 Å². The van der Waals surface area contributed by atoms with Gasteiger partial charge in [0, 0.05) is 12.6 Å². The van der Waals surface area contributed by atoms with Crippen molar-refractivity contribution in [2.24, 2.45) is 0 Å². The van der Waals surface area contributed by atoms with Gasteiger partial charge in [0.25, 0.3) is 0 Å². The fourth-order valence-corrected chi connectivity index (χ4v) is 0.771. The molecule has 1 fully saturated rings. The Morgan fingerprint density at radius 3 is 2.91 bits per heavy atom. The predicted molar refractivity (Wildman–Crippen MR) is 48.5 cm³/mol. The van der Waals surface area contributed by atoms with Gasteiger partial charge in [0.15, 0.2) is 0 Å². The van der Waals surface area contributed by atoms with Crippen LogP contribution in [-0.4, -0.2) is 12.5 Å². The minimum absolute atomic E-state index is 0.00364. The summed E-state index contributed by atoms with van der Waals surface area (Å²) in [6.07, 6.45) is 5.64. The number of carbonyl (C=O) groups is 1. The van der Waals surface area contributed by atoms with Gasteiger partial charge in [0.1, 0.15) is 0 Å².